The van der Waals surface area contributed by atoms with E-state index < -0.39 is 0 Å². The van der Waals surface area contributed by atoms with Crippen LogP contribution in [0.3, 0.4) is 0 Å². The number of methoxy groups -OCH3 is 2. The van der Waals surface area contributed by atoms with Crippen LogP contribution in [-0.2, 0) is 19.3 Å². The van der Waals surface area contributed by atoms with Crippen molar-refractivity contribution in [1.29, 1.82) is 0 Å². The van der Waals surface area contributed by atoms with E-state index >= 15 is 0 Å². The number of hydrogen-bond donors (Lipinski definition) is 3. The molecule has 3 N–H and O–H groups in total. The summed E-state index contributed by atoms with van der Waals surface area (Å²) in [5.74, 6) is 1.87. The van der Waals surface area contributed by atoms with Crippen molar-refractivity contribution in [3.8, 4) is 11.5 Å². The van der Waals surface area contributed by atoms with Crippen molar-refractivity contribution >= 4 is 11.8 Å². The second-order valence-corrected chi connectivity index (χ2v) is 6.58. The van der Waals surface area contributed by atoms with Crippen LogP contribution in [0.15, 0.2) is 54.6 Å². The fraction of sp³-hybridized carbons (Fsp3) is 0.273. The summed E-state index contributed by atoms with van der Waals surface area (Å²) < 4.78 is 10.5. The molecule has 0 aliphatic heterocycles. The summed E-state index contributed by atoms with van der Waals surface area (Å²) in [6, 6.07) is 17.5. The van der Waals surface area contributed by atoms with Gasteiger partial charge in [-0.15, -0.1) is 0 Å². The van der Waals surface area contributed by atoms with Gasteiger partial charge in [-0.1, -0.05) is 36.4 Å². The molecule has 0 saturated carbocycles. The minimum atomic E-state index is -0.286. The molecule has 0 aliphatic rings. The Labute approximate surface area is 170 Å². The Morgan fingerprint density at radius 2 is 1.72 bits per heavy atom. The highest BCUT2D eigenvalue weighted by atomic mass is 16.5. The maximum absolute atomic E-state index is 12.1. The summed E-state index contributed by atoms with van der Waals surface area (Å²) in [4.78, 5) is 12.1. The van der Waals surface area contributed by atoms with Gasteiger partial charge < -0.3 is 14.8 Å². The molecule has 0 spiro atoms. The predicted molar refractivity (Wildman–Crippen MR) is 113 cm³/mol. The number of carbonyl (C=O) groups excluding carboxylic acids is 1. The largest absolute Gasteiger partial charge is 0.493 e. The molecule has 0 fully saturated rings. The highest BCUT2D eigenvalue weighted by Gasteiger charge is 2.07. The van der Waals surface area contributed by atoms with E-state index in [1.807, 2.05) is 42.5 Å². The van der Waals surface area contributed by atoms with Crippen molar-refractivity contribution in [3.63, 3.8) is 0 Å². The third-order valence-corrected chi connectivity index (χ3v) is 4.55. The molecule has 2 amide bonds. The van der Waals surface area contributed by atoms with Gasteiger partial charge in [-0.3, -0.25) is 10.4 Å². The Bertz CT molecular complexity index is 925. The molecule has 0 atom stereocenters. The zero-order valence-electron chi connectivity index (χ0n) is 16.7. The van der Waals surface area contributed by atoms with Crippen LogP contribution in [0.4, 0.5) is 10.6 Å². The monoisotopic (exact) mass is 394 g/mol. The van der Waals surface area contributed by atoms with Crippen LogP contribution in [0, 0.1) is 0 Å². The van der Waals surface area contributed by atoms with Crippen LogP contribution < -0.4 is 20.1 Å². The van der Waals surface area contributed by atoms with Crippen LogP contribution in [0.1, 0.15) is 16.8 Å². The molecule has 0 bridgehead atoms. The summed E-state index contributed by atoms with van der Waals surface area (Å²) >= 11 is 0. The zero-order valence-corrected chi connectivity index (χ0v) is 16.7. The molecule has 7 heteroatoms. The highest BCUT2D eigenvalue weighted by Crippen LogP contribution is 2.27. The minimum absolute atomic E-state index is 0.286. The number of aryl methyl sites for hydroxylation is 2. The number of rotatable bonds is 9. The van der Waals surface area contributed by atoms with Gasteiger partial charge in [0.1, 0.15) is 0 Å². The second-order valence-electron chi connectivity index (χ2n) is 6.58. The molecular formula is C22H26N4O3. The second kappa shape index (κ2) is 10.2. The molecule has 3 rings (SSSR count). The van der Waals surface area contributed by atoms with Crippen molar-refractivity contribution in [1.82, 2.24) is 15.5 Å². The van der Waals surface area contributed by atoms with E-state index in [4.69, 9.17) is 9.47 Å². The Morgan fingerprint density at radius 1 is 0.931 bits per heavy atom. The summed E-state index contributed by atoms with van der Waals surface area (Å²) in [6.45, 7) is 0.493. The van der Waals surface area contributed by atoms with Crippen molar-refractivity contribution < 1.29 is 14.3 Å². The van der Waals surface area contributed by atoms with E-state index in [1.54, 1.807) is 14.2 Å². The average molecular weight is 394 g/mol. The van der Waals surface area contributed by atoms with Gasteiger partial charge in [0.25, 0.3) is 0 Å². The third kappa shape index (κ3) is 6.00. The number of nitrogens with zero attached hydrogens (tertiary/aromatic N) is 1. The fourth-order valence-corrected chi connectivity index (χ4v) is 2.99. The number of anilines is 1. The van der Waals surface area contributed by atoms with Gasteiger partial charge in [-0.25, -0.2) is 4.79 Å². The number of aromatic amines is 1. The standard InChI is InChI=1S/C22H26N4O3/c1-28-19-11-9-17(14-20(19)29-2)12-13-23-22(27)24-21-15-18(25-26-21)10-8-16-6-4-3-5-7-16/h3-7,9,11,14-15H,8,10,12-13H2,1-2H3,(H3,23,24,25,26,27). The molecule has 152 valence electrons. The van der Waals surface area contributed by atoms with Crippen LogP contribution in [-0.4, -0.2) is 37.0 Å². The van der Waals surface area contributed by atoms with E-state index in [0.717, 1.165) is 24.1 Å². The molecule has 0 saturated heterocycles. The van der Waals surface area contributed by atoms with Crippen LogP contribution in [0.25, 0.3) is 0 Å². The first kappa shape index (κ1) is 20.3. The number of nitrogens with one attached hydrogen (secondary N) is 3. The van der Waals surface area contributed by atoms with Crippen molar-refractivity contribution in [2.75, 3.05) is 26.1 Å². The van der Waals surface area contributed by atoms with Gasteiger partial charge in [0.15, 0.2) is 17.3 Å². The van der Waals surface area contributed by atoms with Gasteiger partial charge in [0, 0.05) is 18.3 Å². The van der Waals surface area contributed by atoms with Crippen molar-refractivity contribution in [2.45, 2.75) is 19.3 Å². The van der Waals surface area contributed by atoms with Gasteiger partial charge in [-0.05, 0) is 42.5 Å². The fourth-order valence-electron chi connectivity index (χ4n) is 2.99. The smallest absolute Gasteiger partial charge is 0.320 e. The third-order valence-electron chi connectivity index (χ3n) is 4.55. The van der Waals surface area contributed by atoms with Crippen LogP contribution in [0.2, 0.25) is 0 Å². The van der Waals surface area contributed by atoms with Gasteiger partial charge in [-0.2, -0.15) is 5.10 Å². The Kier molecular flexibility index (Phi) is 7.10. The lowest BCUT2D eigenvalue weighted by Crippen LogP contribution is -2.30. The molecule has 2 aromatic carbocycles. The lowest BCUT2D eigenvalue weighted by atomic mass is 10.1. The predicted octanol–water partition coefficient (Wildman–Crippen LogP) is 3.58. The average Bonchev–Trinajstić information content (AvgIpc) is 3.20. The zero-order chi connectivity index (χ0) is 20.5. The van der Waals surface area contributed by atoms with E-state index in [0.29, 0.717) is 30.3 Å². The molecule has 3 aromatic rings. The van der Waals surface area contributed by atoms with Crippen LogP contribution in [0.5, 0.6) is 11.5 Å². The van der Waals surface area contributed by atoms with E-state index in [2.05, 4.69) is 33.0 Å². The first-order chi connectivity index (χ1) is 14.2. The molecule has 1 aromatic heterocycles. The molecule has 7 nitrogen and oxygen atoms in total. The maximum atomic E-state index is 12.1. The Morgan fingerprint density at radius 3 is 2.48 bits per heavy atom. The summed E-state index contributed by atoms with van der Waals surface area (Å²) in [5.41, 5.74) is 3.30. The number of ether oxygens (including phenoxy) is 2. The molecule has 1 heterocycles. The SMILES string of the molecule is COc1ccc(CCNC(=O)Nc2cc(CCc3ccccc3)[nH]n2)cc1OC. The number of amides is 2. The summed E-state index contributed by atoms with van der Waals surface area (Å²) in [7, 11) is 3.21. The number of carbonyl (C=O) groups is 1. The van der Waals surface area contributed by atoms with Crippen molar-refractivity contribution in [3.05, 3.63) is 71.4 Å². The Balaban J connectivity index is 1.42. The first-order valence-electron chi connectivity index (χ1n) is 9.52. The topological polar surface area (TPSA) is 88.3 Å². The molecule has 0 aliphatic carbocycles. The van der Waals surface area contributed by atoms with E-state index in [9.17, 15) is 4.79 Å². The van der Waals surface area contributed by atoms with Crippen LogP contribution >= 0.6 is 0 Å². The molecule has 29 heavy (non-hydrogen) atoms. The molecule has 0 radical (unpaired) electrons. The number of aromatic nitrogens is 2. The van der Waals surface area contributed by atoms with E-state index in [-0.39, 0.29) is 6.03 Å². The quantitative estimate of drug-likeness (QED) is 0.518. The maximum Gasteiger partial charge on any atom is 0.320 e. The Hall–Kier alpha value is -3.48. The number of benzene rings is 2. The highest BCUT2D eigenvalue weighted by molar-refractivity contribution is 5.88. The normalized spacial score (nSPS) is 10.4. The minimum Gasteiger partial charge on any atom is -0.493 e. The lowest BCUT2D eigenvalue weighted by molar-refractivity contribution is 0.252. The molecular weight excluding hydrogens is 368 g/mol. The number of hydrogen-bond acceptors (Lipinski definition) is 4. The summed E-state index contributed by atoms with van der Waals surface area (Å²) in [5, 5.41) is 12.7. The van der Waals surface area contributed by atoms with E-state index in [1.165, 1.54) is 5.56 Å². The number of H-pyrrole nitrogens is 1. The van der Waals surface area contributed by atoms with Gasteiger partial charge in [0.05, 0.1) is 14.2 Å². The lowest BCUT2D eigenvalue weighted by Gasteiger charge is -2.10. The summed E-state index contributed by atoms with van der Waals surface area (Å²) in [6.07, 6.45) is 2.43. The van der Waals surface area contributed by atoms with Gasteiger partial charge >= 0.3 is 6.03 Å². The number of urea groups is 1. The van der Waals surface area contributed by atoms with Gasteiger partial charge in [0.2, 0.25) is 0 Å². The first-order valence-corrected chi connectivity index (χ1v) is 9.52. The molecule has 0 unspecified atom stereocenters. The van der Waals surface area contributed by atoms with Crippen molar-refractivity contribution in [2.24, 2.45) is 0 Å².